The number of aromatic nitrogens is 2. The zero-order chi connectivity index (χ0) is 15.0. The molecule has 0 spiro atoms. The molecule has 21 heavy (non-hydrogen) atoms. The van der Waals surface area contributed by atoms with Gasteiger partial charge in [0.05, 0.1) is 4.92 Å². The summed E-state index contributed by atoms with van der Waals surface area (Å²) in [5.41, 5.74) is 1.18. The molecule has 0 radical (unpaired) electrons. The largest absolute Gasteiger partial charge is 0.345 e. The molecule has 1 N–H and O–H groups in total. The lowest BCUT2D eigenvalue weighted by Gasteiger charge is -2.00. The number of halogens is 1. The van der Waals surface area contributed by atoms with Crippen molar-refractivity contribution in [3.8, 4) is 0 Å². The van der Waals surface area contributed by atoms with E-state index in [2.05, 4.69) is 25.9 Å². The lowest BCUT2D eigenvalue weighted by atomic mass is 10.0. The van der Waals surface area contributed by atoms with Crippen molar-refractivity contribution in [3.63, 3.8) is 0 Å². The number of nitro groups is 1. The monoisotopic (exact) mass is 345 g/mol. The number of rotatable bonds is 3. The number of nitro benzene ring substituents is 1. The third-order valence-electron chi connectivity index (χ3n) is 3.06. The second-order valence-corrected chi connectivity index (χ2v) is 5.30. The van der Waals surface area contributed by atoms with Gasteiger partial charge >= 0.3 is 0 Å². The predicted octanol–water partition coefficient (Wildman–Crippen LogP) is 3.46. The highest BCUT2D eigenvalue weighted by Gasteiger charge is 2.17. The van der Waals surface area contributed by atoms with Gasteiger partial charge in [-0.1, -0.05) is 12.1 Å². The zero-order valence-electron chi connectivity index (χ0n) is 10.5. The number of carbonyl (C=O) groups is 1. The number of fused-ring (bicyclic) bond motifs is 1. The van der Waals surface area contributed by atoms with Gasteiger partial charge in [-0.2, -0.15) is 0 Å². The van der Waals surface area contributed by atoms with Gasteiger partial charge in [0.15, 0.2) is 5.78 Å². The van der Waals surface area contributed by atoms with Crippen LogP contribution in [0.2, 0.25) is 0 Å². The van der Waals surface area contributed by atoms with E-state index in [9.17, 15) is 14.9 Å². The molecule has 0 saturated heterocycles. The van der Waals surface area contributed by atoms with Gasteiger partial charge in [-0.05, 0) is 22.0 Å². The first-order valence-corrected chi connectivity index (χ1v) is 6.77. The number of ketones is 1. The molecular formula is C14H8BrN3O3. The van der Waals surface area contributed by atoms with Gasteiger partial charge in [0.25, 0.3) is 5.69 Å². The molecule has 104 valence electrons. The number of non-ortho nitro benzene ring substituents is 1. The van der Waals surface area contributed by atoms with Gasteiger partial charge < -0.3 is 4.98 Å². The Kier molecular flexibility index (Phi) is 3.26. The minimum atomic E-state index is -0.524. The number of pyridine rings is 1. The molecule has 0 atom stereocenters. The highest BCUT2D eigenvalue weighted by molar-refractivity contribution is 9.10. The fourth-order valence-corrected chi connectivity index (χ4v) is 2.41. The summed E-state index contributed by atoms with van der Waals surface area (Å²) >= 11 is 3.31. The molecule has 0 aliphatic rings. The minimum Gasteiger partial charge on any atom is -0.345 e. The molecule has 0 amide bonds. The third kappa shape index (κ3) is 2.43. The molecule has 2 heterocycles. The highest BCUT2D eigenvalue weighted by atomic mass is 79.9. The first-order valence-electron chi connectivity index (χ1n) is 5.98. The van der Waals surface area contributed by atoms with E-state index in [1.807, 2.05) is 0 Å². The molecule has 0 aliphatic heterocycles. The summed E-state index contributed by atoms with van der Waals surface area (Å²) in [6.07, 6.45) is 3.19. The summed E-state index contributed by atoms with van der Waals surface area (Å²) in [6, 6.07) is 7.45. The maximum atomic E-state index is 12.5. The van der Waals surface area contributed by atoms with Crippen LogP contribution in [0, 0.1) is 10.1 Å². The number of H-pyrrole nitrogens is 1. The van der Waals surface area contributed by atoms with Gasteiger partial charge in [-0.25, -0.2) is 4.98 Å². The van der Waals surface area contributed by atoms with Gasteiger partial charge in [0.1, 0.15) is 5.65 Å². The van der Waals surface area contributed by atoms with Crippen LogP contribution in [0.1, 0.15) is 15.9 Å². The number of aromatic amines is 1. The Labute approximate surface area is 127 Å². The summed E-state index contributed by atoms with van der Waals surface area (Å²) in [6.45, 7) is 0. The van der Waals surface area contributed by atoms with Gasteiger partial charge in [-0.3, -0.25) is 14.9 Å². The molecule has 0 saturated carbocycles. The molecule has 7 heteroatoms. The number of hydrogen-bond acceptors (Lipinski definition) is 4. The molecule has 0 unspecified atom stereocenters. The third-order valence-corrected chi connectivity index (χ3v) is 3.50. The summed E-state index contributed by atoms with van der Waals surface area (Å²) in [5.74, 6) is -0.287. The van der Waals surface area contributed by atoms with Gasteiger partial charge in [0, 0.05) is 45.5 Å². The van der Waals surface area contributed by atoms with Gasteiger partial charge in [0.2, 0.25) is 0 Å². The smallest absolute Gasteiger partial charge is 0.270 e. The Morgan fingerprint density at radius 2 is 2.14 bits per heavy atom. The molecule has 6 nitrogen and oxygen atoms in total. The molecular weight excluding hydrogens is 338 g/mol. The number of benzene rings is 1. The standard InChI is InChI=1S/C14H8BrN3O3/c15-9-5-11-12(7-17-14(11)16-6-9)13(19)8-2-1-3-10(4-8)18(20)21/h1-7H,(H,16,17). The Morgan fingerprint density at radius 1 is 1.33 bits per heavy atom. The maximum absolute atomic E-state index is 12.5. The van der Waals surface area contributed by atoms with Crippen LogP contribution in [-0.4, -0.2) is 20.7 Å². The normalized spacial score (nSPS) is 10.7. The second-order valence-electron chi connectivity index (χ2n) is 4.39. The Balaban J connectivity index is 2.10. The van der Waals surface area contributed by atoms with Crippen LogP contribution in [0.5, 0.6) is 0 Å². The van der Waals surface area contributed by atoms with E-state index in [0.29, 0.717) is 16.6 Å². The first-order chi connectivity index (χ1) is 10.1. The molecule has 0 bridgehead atoms. The molecule has 3 aromatic rings. The van der Waals surface area contributed by atoms with Crippen LogP contribution < -0.4 is 0 Å². The summed E-state index contributed by atoms with van der Waals surface area (Å²) in [4.78, 5) is 29.9. The Morgan fingerprint density at radius 3 is 2.90 bits per heavy atom. The van der Waals surface area contributed by atoms with Crippen molar-refractivity contribution >= 4 is 38.4 Å². The summed E-state index contributed by atoms with van der Waals surface area (Å²) in [7, 11) is 0. The van der Waals surface area contributed by atoms with Crippen LogP contribution in [0.4, 0.5) is 5.69 Å². The molecule has 2 aromatic heterocycles. The Bertz CT molecular complexity index is 873. The van der Waals surface area contributed by atoms with Gasteiger partial charge in [-0.15, -0.1) is 0 Å². The van der Waals surface area contributed by atoms with E-state index >= 15 is 0 Å². The first kappa shape index (κ1) is 13.4. The van der Waals surface area contributed by atoms with E-state index in [-0.39, 0.29) is 17.0 Å². The van der Waals surface area contributed by atoms with Crippen LogP contribution in [0.15, 0.2) is 47.2 Å². The van der Waals surface area contributed by atoms with E-state index in [1.165, 1.54) is 18.2 Å². The lowest BCUT2D eigenvalue weighted by molar-refractivity contribution is -0.384. The number of nitrogens with zero attached hydrogens (tertiary/aromatic N) is 2. The number of nitrogens with one attached hydrogen (secondary N) is 1. The van der Waals surface area contributed by atoms with E-state index < -0.39 is 4.92 Å². The average Bonchev–Trinajstić information content (AvgIpc) is 2.89. The van der Waals surface area contributed by atoms with Crippen molar-refractivity contribution in [2.45, 2.75) is 0 Å². The summed E-state index contributed by atoms with van der Waals surface area (Å²) in [5, 5.41) is 11.5. The molecule has 0 fully saturated rings. The number of hydrogen-bond donors (Lipinski definition) is 1. The maximum Gasteiger partial charge on any atom is 0.270 e. The van der Waals surface area contributed by atoms with Crippen molar-refractivity contribution < 1.29 is 9.72 Å². The zero-order valence-corrected chi connectivity index (χ0v) is 12.1. The number of carbonyl (C=O) groups excluding carboxylic acids is 1. The topological polar surface area (TPSA) is 88.9 Å². The molecule has 3 rings (SSSR count). The highest BCUT2D eigenvalue weighted by Crippen LogP contribution is 2.24. The fourth-order valence-electron chi connectivity index (χ4n) is 2.08. The van der Waals surface area contributed by atoms with Crippen LogP contribution in [0.3, 0.4) is 0 Å². The Hall–Kier alpha value is -2.54. The predicted molar refractivity (Wildman–Crippen MR) is 80.3 cm³/mol. The van der Waals surface area contributed by atoms with Crippen molar-refractivity contribution in [2.75, 3.05) is 0 Å². The lowest BCUT2D eigenvalue weighted by Crippen LogP contribution is -2.01. The SMILES string of the molecule is O=C(c1cccc([N+](=O)[O-])c1)c1c[nH]c2ncc(Br)cc12. The van der Waals surface area contributed by atoms with E-state index in [1.54, 1.807) is 24.5 Å². The average molecular weight is 346 g/mol. The van der Waals surface area contributed by atoms with Crippen LogP contribution in [0.25, 0.3) is 11.0 Å². The van der Waals surface area contributed by atoms with E-state index in [0.717, 1.165) is 4.47 Å². The van der Waals surface area contributed by atoms with Crippen LogP contribution in [-0.2, 0) is 0 Å². The summed E-state index contributed by atoms with van der Waals surface area (Å²) < 4.78 is 0.752. The fraction of sp³-hybridized carbons (Fsp3) is 0. The van der Waals surface area contributed by atoms with Crippen molar-refractivity contribution in [1.82, 2.24) is 9.97 Å². The van der Waals surface area contributed by atoms with Crippen molar-refractivity contribution in [3.05, 3.63) is 68.4 Å². The van der Waals surface area contributed by atoms with Crippen molar-refractivity contribution in [2.24, 2.45) is 0 Å². The van der Waals surface area contributed by atoms with Crippen molar-refractivity contribution in [1.29, 1.82) is 0 Å². The second kappa shape index (κ2) is 5.10. The van der Waals surface area contributed by atoms with E-state index in [4.69, 9.17) is 0 Å². The molecule has 0 aliphatic carbocycles. The molecule has 1 aromatic carbocycles. The van der Waals surface area contributed by atoms with Crippen LogP contribution >= 0.6 is 15.9 Å². The minimum absolute atomic E-state index is 0.111. The quantitative estimate of drug-likeness (QED) is 0.447.